The minimum atomic E-state index is -3.56. The zero-order valence-corrected chi connectivity index (χ0v) is 12.9. The minimum Gasteiger partial charge on any atom is -0.278 e. The van der Waals surface area contributed by atoms with Crippen LogP contribution in [-0.4, -0.2) is 24.9 Å². The number of nitrogens with zero attached hydrogens (tertiary/aromatic N) is 1. The second-order valence-electron chi connectivity index (χ2n) is 5.20. The number of aromatic nitrogens is 2. The number of hydrogen-bond acceptors (Lipinski definition) is 4. The van der Waals surface area contributed by atoms with E-state index in [0.717, 1.165) is 28.3 Å². The third kappa shape index (κ3) is 3.52. The highest BCUT2D eigenvalue weighted by molar-refractivity contribution is 7.86. The van der Waals surface area contributed by atoms with Gasteiger partial charge in [0.1, 0.15) is 6.10 Å². The first-order valence-corrected chi connectivity index (χ1v) is 8.68. The van der Waals surface area contributed by atoms with Crippen molar-refractivity contribution in [2.45, 2.75) is 12.5 Å². The van der Waals surface area contributed by atoms with Crippen molar-refractivity contribution in [3.8, 4) is 0 Å². The average molecular weight is 316 g/mol. The first kappa shape index (κ1) is 14.7. The molecule has 0 radical (unpaired) electrons. The van der Waals surface area contributed by atoms with Gasteiger partial charge in [-0.1, -0.05) is 42.5 Å². The summed E-state index contributed by atoms with van der Waals surface area (Å²) in [7, 11) is -3.56. The summed E-state index contributed by atoms with van der Waals surface area (Å²) in [5.41, 5.74) is 2.67. The fraction of sp³-hybridized carbons (Fsp3) is 0.188. The van der Waals surface area contributed by atoms with Gasteiger partial charge in [-0.2, -0.15) is 13.5 Å². The highest BCUT2D eigenvalue weighted by Gasteiger charge is 2.19. The van der Waals surface area contributed by atoms with Gasteiger partial charge in [0.25, 0.3) is 10.1 Å². The van der Waals surface area contributed by atoms with Crippen molar-refractivity contribution in [3.63, 3.8) is 0 Å². The van der Waals surface area contributed by atoms with Crippen LogP contribution in [0.3, 0.4) is 0 Å². The Morgan fingerprint density at radius 2 is 1.95 bits per heavy atom. The number of fused-ring (bicyclic) bond motifs is 1. The lowest BCUT2D eigenvalue weighted by Gasteiger charge is -2.17. The van der Waals surface area contributed by atoms with Crippen LogP contribution in [0.5, 0.6) is 0 Å². The van der Waals surface area contributed by atoms with Crippen LogP contribution in [0, 0.1) is 0 Å². The van der Waals surface area contributed by atoms with Gasteiger partial charge in [0, 0.05) is 11.8 Å². The van der Waals surface area contributed by atoms with Gasteiger partial charge in [0.05, 0.1) is 18.0 Å². The summed E-state index contributed by atoms with van der Waals surface area (Å²) in [6.45, 7) is 0. The molecule has 0 aliphatic heterocycles. The van der Waals surface area contributed by atoms with Gasteiger partial charge < -0.3 is 0 Å². The molecule has 1 heterocycles. The predicted molar refractivity (Wildman–Crippen MR) is 84.9 cm³/mol. The van der Waals surface area contributed by atoms with E-state index < -0.39 is 16.2 Å². The maximum Gasteiger partial charge on any atom is 0.264 e. The number of rotatable bonds is 5. The predicted octanol–water partition coefficient (Wildman–Crippen LogP) is 2.82. The maximum absolute atomic E-state index is 11.6. The molecule has 0 amide bonds. The molecule has 0 saturated heterocycles. The lowest BCUT2D eigenvalue weighted by molar-refractivity contribution is 0.216. The van der Waals surface area contributed by atoms with E-state index in [4.69, 9.17) is 4.18 Å². The number of benzene rings is 2. The van der Waals surface area contributed by atoms with Gasteiger partial charge in [-0.05, 0) is 17.2 Å². The number of H-pyrrole nitrogens is 1. The largest absolute Gasteiger partial charge is 0.278 e. The molecule has 0 aliphatic rings. The molecule has 6 heteroatoms. The summed E-state index contributed by atoms with van der Waals surface area (Å²) < 4.78 is 28.4. The Morgan fingerprint density at radius 1 is 1.18 bits per heavy atom. The molecule has 3 aromatic rings. The molecule has 0 fully saturated rings. The molecule has 1 unspecified atom stereocenters. The zero-order valence-electron chi connectivity index (χ0n) is 12.1. The van der Waals surface area contributed by atoms with Crippen molar-refractivity contribution >= 4 is 21.0 Å². The van der Waals surface area contributed by atoms with E-state index in [2.05, 4.69) is 10.2 Å². The SMILES string of the molecule is CS(=O)(=O)OC(Cc1ccccc1)c1ccc2cn[nH]c2c1. The molecule has 1 atom stereocenters. The van der Waals surface area contributed by atoms with E-state index >= 15 is 0 Å². The van der Waals surface area contributed by atoms with Crippen LogP contribution < -0.4 is 0 Å². The Hall–Kier alpha value is -2.18. The van der Waals surface area contributed by atoms with Crippen LogP contribution in [0.1, 0.15) is 17.2 Å². The van der Waals surface area contributed by atoms with E-state index in [-0.39, 0.29) is 0 Å². The number of aromatic amines is 1. The molecule has 1 aromatic heterocycles. The average Bonchev–Trinajstić information content (AvgIpc) is 2.93. The highest BCUT2D eigenvalue weighted by Crippen LogP contribution is 2.26. The van der Waals surface area contributed by atoms with Gasteiger partial charge in [-0.25, -0.2) is 0 Å². The molecule has 0 aliphatic carbocycles. The second kappa shape index (κ2) is 5.90. The summed E-state index contributed by atoms with van der Waals surface area (Å²) >= 11 is 0. The van der Waals surface area contributed by atoms with Gasteiger partial charge in [0.2, 0.25) is 0 Å². The van der Waals surface area contributed by atoms with E-state index in [9.17, 15) is 8.42 Å². The Balaban J connectivity index is 1.96. The molecule has 2 aromatic carbocycles. The monoisotopic (exact) mass is 316 g/mol. The van der Waals surface area contributed by atoms with Gasteiger partial charge >= 0.3 is 0 Å². The molecule has 114 valence electrons. The van der Waals surface area contributed by atoms with E-state index in [1.807, 2.05) is 48.5 Å². The summed E-state index contributed by atoms with van der Waals surface area (Å²) in [6, 6.07) is 15.3. The zero-order chi connectivity index (χ0) is 15.6. The summed E-state index contributed by atoms with van der Waals surface area (Å²) in [6.07, 6.45) is 2.71. The normalized spacial score (nSPS) is 13.3. The van der Waals surface area contributed by atoms with Crippen molar-refractivity contribution in [2.75, 3.05) is 6.26 Å². The molecular weight excluding hydrogens is 300 g/mol. The summed E-state index contributed by atoms with van der Waals surface area (Å²) in [4.78, 5) is 0. The van der Waals surface area contributed by atoms with Crippen molar-refractivity contribution in [2.24, 2.45) is 0 Å². The van der Waals surface area contributed by atoms with E-state index in [1.165, 1.54) is 0 Å². The lowest BCUT2D eigenvalue weighted by atomic mass is 10.0. The van der Waals surface area contributed by atoms with Gasteiger partial charge in [0.15, 0.2) is 0 Å². The maximum atomic E-state index is 11.6. The van der Waals surface area contributed by atoms with Crippen molar-refractivity contribution in [1.29, 1.82) is 0 Å². The van der Waals surface area contributed by atoms with E-state index in [1.54, 1.807) is 6.20 Å². The van der Waals surface area contributed by atoms with Gasteiger partial charge in [-0.3, -0.25) is 9.28 Å². The van der Waals surface area contributed by atoms with Crippen molar-refractivity contribution in [3.05, 3.63) is 65.9 Å². The summed E-state index contributed by atoms with van der Waals surface area (Å²) in [5, 5.41) is 7.84. The first-order valence-electron chi connectivity index (χ1n) is 6.86. The second-order valence-corrected chi connectivity index (χ2v) is 6.80. The van der Waals surface area contributed by atoms with Crippen LogP contribution in [0.15, 0.2) is 54.7 Å². The smallest absolute Gasteiger partial charge is 0.264 e. The fourth-order valence-corrected chi connectivity index (χ4v) is 3.00. The lowest BCUT2D eigenvalue weighted by Crippen LogP contribution is -2.13. The quantitative estimate of drug-likeness (QED) is 0.735. The molecule has 5 nitrogen and oxygen atoms in total. The third-order valence-corrected chi connectivity index (χ3v) is 3.97. The molecule has 1 N–H and O–H groups in total. The number of nitrogens with one attached hydrogen (secondary N) is 1. The fourth-order valence-electron chi connectivity index (χ4n) is 2.40. The molecule has 3 rings (SSSR count). The molecule has 0 saturated carbocycles. The van der Waals surface area contributed by atoms with Crippen molar-refractivity contribution < 1.29 is 12.6 Å². The molecule has 0 spiro atoms. The van der Waals surface area contributed by atoms with Crippen LogP contribution in [0.2, 0.25) is 0 Å². The molecular formula is C16H16N2O3S. The Bertz CT molecular complexity index is 873. The molecule has 22 heavy (non-hydrogen) atoms. The van der Waals surface area contributed by atoms with Crippen LogP contribution in [-0.2, 0) is 20.7 Å². The summed E-state index contributed by atoms with van der Waals surface area (Å²) in [5.74, 6) is 0. The molecule has 0 bridgehead atoms. The van der Waals surface area contributed by atoms with Crippen molar-refractivity contribution in [1.82, 2.24) is 10.2 Å². The Kier molecular flexibility index (Phi) is 3.96. The first-order chi connectivity index (χ1) is 10.5. The van der Waals surface area contributed by atoms with Gasteiger partial charge in [-0.15, -0.1) is 0 Å². The Morgan fingerprint density at radius 3 is 2.68 bits per heavy atom. The Labute approximate surface area is 129 Å². The minimum absolute atomic E-state index is 0.480. The van der Waals surface area contributed by atoms with E-state index in [0.29, 0.717) is 6.42 Å². The highest BCUT2D eigenvalue weighted by atomic mass is 32.2. The standard InChI is InChI=1S/C16H16N2O3S/c1-22(19,20)21-16(9-12-5-3-2-4-6-12)13-7-8-14-11-17-18-15(14)10-13/h2-8,10-11,16H,9H2,1H3,(H,17,18). The van der Waals surface area contributed by atoms with Crippen LogP contribution in [0.4, 0.5) is 0 Å². The topological polar surface area (TPSA) is 72.1 Å². The number of hydrogen-bond donors (Lipinski definition) is 1. The van der Waals surface area contributed by atoms with Crippen LogP contribution >= 0.6 is 0 Å². The van der Waals surface area contributed by atoms with Crippen LogP contribution in [0.25, 0.3) is 10.9 Å². The third-order valence-electron chi connectivity index (χ3n) is 3.39.